The van der Waals surface area contributed by atoms with E-state index in [1.54, 1.807) is 24.3 Å². The Hall–Kier alpha value is -2.50. The molecule has 2 rings (SSSR count). The van der Waals surface area contributed by atoms with Gasteiger partial charge in [0, 0.05) is 11.8 Å². The molecule has 2 aromatic rings. The van der Waals surface area contributed by atoms with E-state index in [1.165, 1.54) is 0 Å². The van der Waals surface area contributed by atoms with Crippen molar-refractivity contribution in [1.29, 1.82) is 0 Å². The summed E-state index contributed by atoms with van der Waals surface area (Å²) in [5, 5.41) is 0. The average molecular weight is 260 g/mol. The molecule has 0 bridgehead atoms. The number of benzene rings is 2. The molecule has 5 heteroatoms. The van der Waals surface area contributed by atoms with Gasteiger partial charge in [-0.15, -0.1) is 0 Å². The zero-order valence-corrected chi connectivity index (χ0v) is 10.8. The van der Waals surface area contributed by atoms with E-state index in [1.807, 2.05) is 24.3 Å². The highest BCUT2D eigenvalue weighted by atomic mass is 16.5. The summed E-state index contributed by atoms with van der Waals surface area (Å²) >= 11 is 0. The second-order valence-electron chi connectivity index (χ2n) is 3.67. The van der Waals surface area contributed by atoms with E-state index in [4.69, 9.17) is 16.2 Å². The summed E-state index contributed by atoms with van der Waals surface area (Å²) in [4.78, 5) is 0. The fourth-order valence-corrected chi connectivity index (χ4v) is 1.44. The third-order valence-corrected chi connectivity index (χ3v) is 2.38. The lowest BCUT2D eigenvalue weighted by Crippen LogP contribution is -1.94. The molecule has 0 saturated carbocycles. The molecule has 5 nitrogen and oxygen atoms in total. The van der Waals surface area contributed by atoms with E-state index in [9.17, 15) is 0 Å². The van der Waals surface area contributed by atoms with Crippen LogP contribution in [0.25, 0.3) is 6.08 Å². The SMILES string of the molecule is C=Cc1ccc(Oc2cc(N)ccc2N)cc1.N.N. The number of ether oxygens (including phenoxy) is 1. The first-order chi connectivity index (χ1) is 8.19. The number of rotatable bonds is 3. The van der Waals surface area contributed by atoms with Crippen molar-refractivity contribution >= 4 is 17.5 Å². The first kappa shape index (κ1) is 16.5. The molecule has 0 saturated heterocycles. The van der Waals surface area contributed by atoms with Crippen molar-refractivity contribution in [2.24, 2.45) is 0 Å². The summed E-state index contributed by atoms with van der Waals surface area (Å²) in [5.41, 5.74) is 13.7. The molecule has 0 aliphatic heterocycles. The molecule has 0 spiro atoms. The van der Waals surface area contributed by atoms with Crippen LogP contribution in [0, 0.1) is 0 Å². The highest BCUT2D eigenvalue weighted by molar-refractivity contribution is 5.61. The van der Waals surface area contributed by atoms with Gasteiger partial charge in [-0.2, -0.15) is 0 Å². The first-order valence-corrected chi connectivity index (χ1v) is 5.24. The predicted octanol–water partition coefficient (Wildman–Crippen LogP) is 3.61. The summed E-state index contributed by atoms with van der Waals surface area (Å²) in [6.45, 7) is 3.69. The van der Waals surface area contributed by atoms with E-state index in [2.05, 4.69) is 6.58 Å². The molecule has 0 atom stereocenters. The van der Waals surface area contributed by atoms with Crippen LogP contribution in [-0.2, 0) is 0 Å². The van der Waals surface area contributed by atoms with Crippen LogP contribution in [0.15, 0.2) is 49.0 Å². The van der Waals surface area contributed by atoms with Crippen LogP contribution in [0.1, 0.15) is 5.56 Å². The fraction of sp³-hybridized carbons (Fsp3) is 0. The molecule has 10 N–H and O–H groups in total. The molecule has 0 heterocycles. The van der Waals surface area contributed by atoms with Crippen LogP contribution in [0.5, 0.6) is 11.5 Å². The third kappa shape index (κ3) is 4.02. The fourth-order valence-electron chi connectivity index (χ4n) is 1.44. The molecule has 0 unspecified atom stereocenters. The van der Waals surface area contributed by atoms with Crippen LogP contribution in [0.3, 0.4) is 0 Å². The average Bonchev–Trinajstić information content (AvgIpc) is 2.35. The Labute approximate surface area is 113 Å². The highest BCUT2D eigenvalue weighted by Gasteiger charge is 2.02. The second kappa shape index (κ2) is 7.05. The van der Waals surface area contributed by atoms with E-state index in [0.717, 1.165) is 5.56 Å². The maximum Gasteiger partial charge on any atom is 0.152 e. The molecule has 0 amide bonds. The number of nitrogen functional groups attached to an aromatic ring is 2. The largest absolute Gasteiger partial charge is 0.455 e. The number of anilines is 2. The predicted molar refractivity (Wildman–Crippen MR) is 81.9 cm³/mol. The molecule has 19 heavy (non-hydrogen) atoms. The van der Waals surface area contributed by atoms with Crippen LogP contribution >= 0.6 is 0 Å². The minimum absolute atomic E-state index is 0. The number of hydrogen-bond donors (Lipinski definition) is 4. The monoisotopic (exact) mass is 260 g/mol. The van der Waals surface area contributed by atoms with Crippen molar-refractivity contribution in [3.63, 3.8) is 0 Å². The summed E-state index contributed by atoms with van der Waals surface area (Å²) in [6.07, 6.45) is 1.78. The summed E-state index contributed by atoms with van der Waals surface area (Å²) in [6, 6.07) is 12.7. The van der Waals surface area contributed by atoms with Gasteiger partial charge in [0.25, 0.3) is 0 Å². The van der Waals surface area contributed by atoms with Gasteiger partial charge in [-0.05, 0) is 29.8 Å². The molecule has 0 aliphatic rings. The minimum Gasteiger partial charge on any atom is -0.455 e. The Balaban J connectivity index is 0.00000162. The number of hydrogen-bond acceptors (Lipinski definition) is 5. The zero-order valence-electron chi connectivity index (χ0n) is 10.8. The van der Waals surface area contributed by atoms with Crippen LogP contribution in [-0.4, -0.2) is 0 Å². The Kier molecular flexibility index (Phi) is 6.12. The molecule has 0 fully saturated rings. The van der Waals surface area contributed by atoms with Crippen molar-refractivity contribution in [2.75, 3.05) is 11.5 Å². The van der Waals surface area contributed by atoms with Gasteiger partial charge in [0.1, 0.15) is 5.75 Å². The maximum absolute atomic E-state index is 5.80. The summed E-state index contributed by atoms with van der Waals surface area (Å²) in [7, 11) is 0. The Morgan fingerprint density at radius 1 is 0.947 bits per heavy atom. The van der Waals surface area contributed by atoms with Gasteiger partial charge in [0.05, 0.1) is 5.69 Å². The van der Waals surface area contributed by atoms with Gasteiger partial charge in [-0.3, -0.25) is 0 Å². The van der Waals surface area contributed by atoms with Crippen molar-refractivity contribution in [3.8, 4) is 11.5 Å². The van der Waals surface area contributed by atoms with E-state index in [-0.39, 0.29) is 12.3 Å². The lowest BCUT2D eigenvalue weighted by Gasteiger charge is -2.09. The topological polar surface area (TPSA) is 131 Å². The molecular weight excluding hydrogens is 240 g/mol. The molecule has 2 aromatic carbocycles. The van der Waals surface area contributed by atoms with Gasteiger partial charge in [-0.25, -0.2) is 0 Å². The molecular formula is C14H20N4O. The molecule has 102 valence electrons. The van der Waals surface area contributed by atoms with E-state index in [0.29, 0.717) is 22.9 Å². The minimum atomic E-state index is 0. The molecule has 0 aliphatic carbocycles. The second-order valence-corrected chi connectivity index (χ2v) is 3.67. The van der Waals surface area contributed by atoms with Crippen molar-refractivity contribution < 1.29 is 4.74 Å². The van der Waals surface area contributed by atoms with Crippen molar-refractivity contribution in [2.45, 2.75) is 0 Å². The maximum atomic E-state index is 5.80. The highest BCUT2D eigenvalue weighted by Crippen LogP contribution is 2.29. The third-order valence-electron chi connectivity index (χ3n) is 2.38. The quantitative estimate of drug-likeness (QED) is 0.626. The van der Waals surface area contributed by atoms with Gasteiger partial charge in [0.15, 0.2) is 5.75 Å². The normalized spacial score (nSPS) is 8.84. The summed E-state index contributed by atoms with van der Waals surface area (Å²) < 4.78 is 5.65. The van der Waals surface area contributed by atoms with Crippen LogP contribution in [0.4, 0.5) is 11.4 Å². The number of nitrogens with two attached hydrogens (primary N) is 2. The van der Waals surface area contributed by atoms with E-state index < -0.39 is 0 Å². The van der Waals surface area contributed by atoms with Gasteiger partial charge in [-0.1, -0.05) is 24.8 Å². The smallest absolute Gasteiger partial charge is 0.152 e. The molecule has 0 aromatic heterocycles. The Morgan fingerprint density at radius 3 is 2.16 bits per heavy atom. The lowest BCUT2D eigenvalue weighted by molar-refractivity contribution is 0.485. The molecule has 0 radical (unpaired) electrons. The van der Waals surface area contributed by atoms with E-state index >= 15 is 0 Å². The zero-order chi connectivity index (χ0) is 12.3. The van der Waals surface area contributed by atoms with Gasteiger partial charge >= 0.3 is 0 Å². The van der Waals surface area contributed by atoms with Gasteiger partial charge < -0.3 is 28.5 Å². The van der Waals surface area contributed by atoms with Crippen molar-refractivity contribution in [3.05, 3.63) is 54.6 Å². The summed E-state index contributed by atoms with van der Waals surface area (Å²) in [5.74, 6) is 1.28. The van der Waals surface area contributed by atoms with Crippen LogP contribution in [0.2, 0.25) is 0 Å². The van der Waals surface area contributed by atoms with Crippen LogP contribution < -0.4 is 28.5 Å². The Morgan fingerprint density at radius 2 is 1.58 bits per heavy atom. The van der Waals surface area contributed by atoms with Crippen molar-refractivity contribution in [1.82, 2.24) is 12.3 Å². The Bertz CT molecular complexity index is 538. The first-order valence-electron chi connectivity index (χ1n) is 5.24. The lowest BCUT2D eigenvalue weighted by atomic mass is 10.2. The standard InChI is InChI=1S/C14H14N2O.2H3N/c1-2-10-3-6-12(7-4-10)17-14-9-11(15)5-8-13(14)16;;/h2-9H,1,15-16H2;2*1H3. The van der Waals surface area contributed by atoms with Gasteiger partial charge in [0.2, 0.25) is 0 Å².